The number of ether oxygens (including phenoxy) is 1. The molecule has 0 radical (unpaired) electrons. The van der Waals surface area contributed by atoms with Crippen LogP contribution in [0.4, 0.5) is 0 Å². The summed E-state index contributed by atoms with van der Waals surface area (Å²) in [5, 5.41) is 45.2. The number of esters is 1. The number of carboxylic acids is 3. The summed E-state index contributed by atoms with van der Waals surface area (Å²) in [6.45, 7) is 0. The van der Waals surface area contributed by atoms with E-state index >= 15 is 0 Å². The number of aliphatic carboxylic acids is 3. The summed E-state index contributed by atoms with van der Waals surface area (Å²) in [6.07, 6.45) is -0.661. The standard InChI is InChI=1S/C15H14O10/c16-9-3-1-8(5-10(9)17)2-4-13(22)25-15(14(23)24,6-11(18)19)7-12(20)21/h1-5,16-17H,6-7H2,(H,18,19)(H,20,21)(H,23,24)/b4-2+. The second-order valence-corrected chi connectivity index (χ2v) is 4.94. The summed E-state index contributed by atoms with van der Waals surface area (Å²) < 4.78 is 4.60. The molecule has 0 aliphatic rings. The van der Waals surface area contributed by atoms with Gasteiger partial charge in [0.2, 0.25) is 5.60 Å². The molecule has 1 rings (SSSR count). The molecule has 0 atom stereocenters. The van der Waals surface area contributed by atoms with Gasteiger partial charge in [0.05, 0.1) is 12.8 Å². The van der Waals surface area contributed by atoms with Crippen molar-refractivity contribution in [1.82, 2.24) is 0 Å². The third-order valence-electron chi connectivity index (χ3n) is 2.97. The SMILES string of the molecule is O=C(O)CC(CC(=O)O)(OC(=O)/C=C/c1ccc(O)c(O)c1)C(=O)O. The van der Waals surface area contributed by atoms with Crippen LogP contribution in [-0.2, 0) is 23.9 Å². The monoisotopic (exact) mass is 354 g/mol. The maximum Gasteiger partial charge on any atom is 0.349 e. The summed E-state index contributed by atoms with van der Waals surface area (Å²) in [7, 11) is 0. The van der Waals surface area contributed by atoms with E-state index < -0.39 is 53.8 Å². The third kappa shape index (κ3) is 5.53. The van der Waals surface area contributed by atoms with Crippen molar-refractivity contribution in [2.45, 2.75) is 18.4 Å². The van der Waals surface area contributed by atoms with Gasteiger partial charge in [-0.3, -0.25) is 9.59 Å². The smallest absolute Gasteiger partial charge is 0.349 e. The van der Waals surface area contributed by atoms with Crippen molar-refractivity contribution in [2.75, 3.05) is 0 Å². The Kier molecular flexibility index (Phi) is 6.09. The van der Waals surface area contributed by atoms with Crippen LogP contribution in [0, 0.1) is 0 Å². The molecule has 0 amide bonds. The van der Waals surface area contributed by atoms with Crippen molar-refractivity contribution in [3.05, 3.63) is 29.8 Å². The Hall–Kier alpha value is -3.56. The zero-order chi connectivity index (χ0) is 19.2. The van der Waals surface area contributed by atoms with Gasteiger partial charge in [0.25, 0.3) is 0 Å². The first-order chi connectivity index (χ1) is 11.6. The molecule has 0 aromatic heterocycles. The second-order valence-electron chi connectivity index (χ2n) is 4.94. The van der Waals surface area contributed by atoms with Gasteiger partial charge in [-0.1, -0.05) is 6.07 Å². The fourth-order valence-electron chi connectivity index (χ4n) is 1.85. The normalized spacial score (nSPS) is 11.2. The fourth-order valence-corrected chi connectivity index (χ4v) is 1.85. The van der Waals surface area contributed by atoms with Crippen LogP contribution in [0.15, 0.2) is 24.3 Å². The van der Waals surface area contributed by atoms with E-state index in [0.29, 0.717) is 0 Å². The molecule has 1 aromatic carbocycles. The Morgan fingerprint density at radius 3 is 1.96 bits per heavy atom. The van der Waals surface area contributed by atoms with E-state index in [1.807, 2.05) is 0 Å². The number of carboxylic acid groups (broad SMARTS) is 3. The van der Waals surface area contributed by atoms with E-state index in [1.54, 1.807) is 0 Å². The number of hydrogen-bond acceptors (Lipinski definition) is 7. The zero-order valence-electron chi connectivity index (χ0n) is 12.6. The Balaban J connectivity index is 3.02. The highest BCUT2D eigenvalue weighted by Gasteiger charge is 2.46. The van der Waals surface area contributed by atoms with E-state index in [-0.39, 0.29) is 5.56 Å². The quantitative estimate of drug-likeness (QED) is 0.249. The minimum Gasteiger partial charge on any atom is -0.504 e. The van der Waals surface area contributed by atoms with Crippen LogP contribution in [0.25, 0.3) is 6.08 Å². The van der Waals surface area contributed by atoms with Gasteiger partial charge in [-0.15, -0.1) is 0 Å². The van der Waals surface area contributed by atoms with Crippen molar-refractivity contribution in [1.29, 1.82) is 0 Å². The minimum atomic E-state index is -2.77. The average molecular weight is 354 g/mol. The molecule has 0 unspecified atom stereocenters. The highest BCUT2D eigenvalue weighted by molar-refractivity contribution is 5.94. The molecule has 0 saturated carbocycles. The molecule has 0 heterocycles. The molecule has 0 fully saturated rings. The second kappa shape index (κ2) is 7.81. The first-order valence-electron chi connectivity index (χ1n) is 6.66. The van der Waals surface area contributed by atoms with Crippen molar-refractivity contribution < 1.29 is 49.4 Å². The molecule has 0 aliphatic carbocycles. The molecule has 0 aliphatic heterocycles. The van der Waals surface area contributed by atoms with E-state index in [1.165, 1.54) is 6.07 Å². The Bertz CT molecular complexity index is 718. The number of phenolic OH excluding ortho intramolecular Hbond substituents is 2. The highest BCUT2D eigenvalue weighted by Crippen LogP contribution is 2.26. The number of carbonyl (C=O) groups is 4. The lowest BCUT2D eigenvalue weighted by atomic mass is 9.95. The summed E-state index contributed by atoms with van der Waals surface area (Å²) in [6, 6.07) is 3.55. The first-order valence-corrected chi connectivity index (χ1v) is 6.66. The first kappa shape index (κ1) is 19.5. The number of rotatable bonds is 8. The summed E-state index contributed by atoms with van der Waals surface area (Å²) in [4.78, 5) is 44.7. The zero-order valence-corrected chi connectivity index (χ0v) is 12.6. The Labute approximate surface area is 140 Å². The predicted molar refractivity (Wildman–Crippen MR) is 79.8 cm³/mol. The summed E-state index contributed by atoms with van der Waals surface area (Å²) >= 11 is 0. The number of hydrogen-bond donors (Lipinski definition) is 5. The number of aromatic hydroxyl groups is 2. The molecular weight excluding hydrogens is 340 g/mol. The van der Waals surface area contributed by atoms with Crippen molar-refractivity contribution in [2.24, 2.45) is 0 Å². The maximum atomic E-state index is 11.8. The lowest BCUT2D eigenvalue weighted by Crippen LogP contribution is -2.46. The van der Waals surface area contributed by atoms with Gasteiger partial charge >= 0.3 is 23.9 Å². The Morgan fingerprint density at radius 1 is 0.960 bits per heavy atom. The van der Waals surface area contributed by atoms with Crippen LogP contribution < -0.4 is 0 Å². The average Bonchev–Trinajstić information content (AvgIpc) is 2.46. The highest BCUT2D eigenvalue weighted by atomic mass is 16.6. The van der Waals surface area contributed by atoms with Crippen LogP contribution in [-0.4, -0.2) is 55.0 Å². The molecule has 0 spiro atoms. The lowest BCUT2D eigenvalue weighted by molar-refractivity contribution is -0.183. The summed E-state index contributed by atoms with van der Waals surface area (Å²) in [5.41, 5.74) is -2.53. The van der Waals surface area contributed by atoms with Gasteiger partial charge in [0.1, 0.15) is 0 Å². The van der Waals surface area contributed by atoms with Crippen LogP contribution in [0.2, 0.25) is 0 Å². The number of carbonyl (C=O) groups excluding carboxylic acids is 1. The van der Waals surface area contributed by atoms with E-state index in [9.17, 15) is 24.3 Å². The fraction of sp³-hybridized carbons (Fsp3) is 0.200. The molecule has 134 valence electrons. The van der Waals surface area contributed by atoms with Crippen molar-refractivity contribution >= 4 is 30.0 Å². The maximum absolute atomic E-state index is 11.8. The predicted octanol–water partition coefficient (Wildman–Crippen LogP) is 0.427. The van der Waals surface area contributed by atoms with Gasteiger partial charge < -0.3 is 30.3 Å². The van der Waals surface area contributed by atoms with E-state index in [4.69, 9.17) is 20.4 Å². The molecule has 10 nitrogen and oxygen atoms in total. The van der Waals surface area contributed by atoms with Gasteiger partial charge in [-0.2, -0.15) is 0 Å². The van der Waals surface area contributed by atoms with Gasteiger partial charge in [0, 0.05) is 6.08 Å². The van der Waals surface area contributed by atoms with Crippen molar-refractivity contribution in [3.63, 3.8) is 0 Å². The lowest BCUT2D eigenvalue weighted by Gasteiger charge is -2.25. The molecule has 0 bridgehead atoms. The summed E-state index contributed by atoms with van der Waals surface area (Å²) in [5.74, 6) is -7.40. The van der Waals surface area contributed by atoms with E-state index in [0.717, 1.165) is 24.3 Å². The number of benzene rings is 1. The largest absolute Gasteiger partial charge is 0.504 e. The van der Waals surface area contributed by atoms with Crippen LogP contribution in [0.3, 0.4) is 0 Å². The molecule has 0 saturated heterocycles. The van der Waals surface area contributed by atoms with E-state index in [2.05, 4.69) is 4.74 Å². The van der Waals surface area contributed by atoms with Gasteiger partial charge in [0.15, 0.2) is 11.5 Å². The molecule has 5 N–H and O–H groups in total. The number of phenols is 2. The molecule has 1 aromatic rings. The molecule has 10 heteroatoms. The molecular formula is C15H14O10. The third-order valence-corrected chi connectivity index (χ3v) is 2.97. The topological polar surface area (TPSA) is 179 Å². The van der Waals surface area contributed by atoms with Crippen molar-refractivity contribution in [3.8, 4) is 11.5 Å². The van der Waals surface area contributed by atoms with Gasteiger partial charge in [-0.05, 0) is 23.8 Å². The Morgan fingerprint density at radius 2 is 1.52 bits per heavy atom. The molecule has 25 heavy (non-hydrogen) atoms. The van der Waals surface area contributed by atoms with Crippen LogP contribution in [0.1, 0.15) is 18.4 Å². The van der Waals surface area contributed by atoms with Crippen LogP contribution >= 0.6 is 0 Å². The van der Waals surface area contributed by atoms with Crippen LogP contribution in [0.5, 0.6) is 11.5 Å². The van der Waals surface area contributed by atoms with Gasteiger partial charge in [-0.25, -0.2) is 9.59 Å². The minimum absolute atomic E-state index is 0.240.